The Labute approximate surface area is 104 Å². The maximum Gasteiger partial charge on any atom is 0.0471 e. The summed E-state index contributed by atoms with van der Waals surface area (Å²) in [6.45, 7) is 0. The van der Waals surface area contributed by atoms with Gasteiger partial charge in [-0.15, -0.1) is 0 Å². The normalized spacial score (nSPS) is 11.6. The van der Waals surface area contributed by atoms with Gasteiger partial charge in [-0.2, -0.15) is 0 Å². The average Bonchev–Trinajstić information content (AvgIpc) is 2.77. The first kappa shape index (κ1) is 9.54. The van der Waals surface area contributed by atoms with E-state index in [-0.39, 0.29) is 0 Å². The molecule has 0 fully saturated rings. The largest absolute Gasteiger partial charge is 0.399 e. The second-order valence-electron chi connectivity index (χ2n) is 4.64. The van der Waals surface area contributed by atoms with Crippen LogP contribution >= 0.6 is 0 Å². The molecule has 0 unspecified atom stereocenters. The smallest absolute Gasteiger partial charge is 0.0471 e. The number of nitrogens with two attached hydrogens (primary N) is 1. The van der Waals surface area contributed by atoms with E-state index < -0.39 is 0 Å². The highest BCUT2D eigenvalue weighted by atomic mass is 14.7. The Balaban J connectivity index is 2.35. The first-order valence-electron chi connectivity index (χ1n) is 6.01. The number of anilines is 1. The summed E-state index contributed by atoms with van der Waals surface area (Å²) in [7, 11) is 0. The predicted octanol–water partition coefficient (Wildman–Crippen LogP) is 4.06. The summed E-state index contributed by atoms with van der Waals surface area (Å²) < 4.78 is 0. The van der Waals surface area contributed by atoms with Crippen LogP contribution in [0.1, 0.15) is 0 Å². The highest BCUT2D eigenvalue weighted by molar-refractivity contribution is 6.20. The van der Waals surface area contributed by atoms with E-state index in [1.54, 1.807) is 0 Å². The summed E-state index contributed by atoms with van der Waals surface area (Å²) >= 11 is 0. The molecule has 2 heteroatoms. The van der Waals surface area contributed by atoms with Gasteiger partial charge in [0.25, 0.3) is 0 Å². The van der Waals surface area contributed by atoms with E-state index in [0.29, 0.717) is 0 Å². The zero-order chi connectivity index (χ0) is 12.1. The van der Waals surface area contributed by atoms with Gasteiger partial charge >= 0.3 is 0 Å². The maximum atomic E-state index is 5.90. The van der Waals surface area contributed by atoms with Gasteiger partial charge in [-0.3, -0.25) is 0 Å². The molecular formula is C16H12N2. The van der Waals surface area contributed by atoms with Crippen LogP contribution in [0.15, 0.2) is 54.6 Å². The van der Waals surface area contributed by atoms with Gasteiger partial charge in [0.2, 0.25) is 0 Å². The maximum absolute atomic E-state index is 5.90. The van der Waals surface area contributed by atoms with Crippen LogP contribution in [0, 0.1) is 0 Å². The zero-order valence-corrected chi connectivity index (χ0v) is 9.77. The number of aromatic nitrogens is 1. The molecule has 18 heavy (non-hydrogen) atoms. The van der Waals surface area contributed by atoms with E-state index in [2.05, 4.69) is 41.4 Å². The number of nitrogen functional groups attached to an aromatic ring is 1. The number of fused-ring (bicyclic) bond motifs is 5. The molecule has 0 aliphatic heterocycles. The molecule has 0 atom stereocenters. The van der Waals surface area contributed by atoms with Crippen LogP contribution in [0.25, 0.3) is 32.6 Å². The molecule has 0 saturated heterocycles. The Kier molecular flexibility index (Phi) is 1.73. The fourth-order valence-electron chi connectivity index (χ4n) is 2.69. The minimum Gasteiger partial charge on any atom is -0.399 e. The molecule has 0 bridgehead atoms. The molecule has 0 aliphatic rings. The van der Waals surface area contributed by atoms with Gasteiger partial charge in [-0.05, 0) is 35.0 Å². The van der Waals surface area contributed by atoms with Crippen molar-refractivity contribution >= 4 is 38.3 Å². The highest BCUT2D eigenvalue weighted by Gasteiger charge is 2.07. The fourth-order valence-corrected chi connectivity index (χ4v) is 2.69. The van der Waals surface area contributed by atoms with Crippen LogP contribution in [0.4, 0.5) is 5.69 Å². The van der Waals surface area contributed by atoms with E-state index in [4.69, 9.17) is 5.73 Å². The minimum atomic E-state index is 0.802. The van der Waals surface area contributed by atoms with Crippen LogP contribution in [0.3, 0.4) is 0 Å². The van der Waals surface area contributed by atoms with Crippen molar-refractivity contribution < 1.29 is 0 Å². The Morgan fingerprint density at radius 2 is 1.61 bits per heavy atom. The molecule has 4 rings (SSSR count). The number of aromatic amines is 1. The molecule has 0 aliphatic carbocycles. The molecule has 0 radical (unpaired) electrons. The Hall–Kier alpha value is -2.48. The van der Waals surface area contributed by atoms with Crippen LogP contribution < -0.4 is 5.73 Å². The van der Waals surface area contributed by atoms with E-state index >= 15 is 0 Å². The van der Waals surface area contributed by atoms with Crippen LogP contribution in [0.5, 0.6) is 0 Å². The molecule has 3 aromatic carbocycles. The number of nitrogens with one attached hydrogen (secondary N) is 1. The van der Waals surface area contributed by atoms with Crippen LogP contribution in [-0.2, 0) is 0 Å². The Bertz CT molecular complexity index is 887. The molecule has 1 heterocycles. The van der Waals surface area contributed by atoms with Crippen molar-refractivity contribution in [1.29, 1.82) is 0 Å². The van der Waals surface area contributed by atoms with Crippen molar-refractivity contribution in [1.82, 2.24) is 4.98 Å². The van der Waals surface area contributed by atoms with E-state index in [0.717, 1.165) is 16.7 Å². The molecule has 0 saturated carbocycles. The van der Waals surface area contributed by atoms with Gasteiger partial charge < -0.3 is 10.7 Å². The monoisotopic (exact) mass is 232 g/mol. The first-order chi connectivity index (χ1) is 8.83. The van der Waals surface area contributed by atoms with Crippen LogP contribution in [0.2, 0.25) is 0 Å². The number of H-pyrrole nitrogens is 1. The van der Waals surface area contributed by atoms with Gasteiger partial charge in [0.15, 0.2) is 0 Å². The summed E-state index contributed by atoms with van der Waals surface area (Å²) in [6, 6.07) is 18.7. The lowest BCUT2D eigenvalue weighted by molar-refractivity contribution is 1.55. The molecule has 86 valence electrons. The van der Waals surface area contributed by atoms with Gasteiger partial charge in [-0.1, -0.05) is 30.3 Å². The van der Waals surface area contributed by atoms with Crippen molar-refractivity contribution in [3.63, 3.8) is 0 Å². The van der Waals surface area contributed by atoms with Crippen molar-refractivity contribution in [2.24, 2.45) is 0 Å². The number of rotatable bonds is 0. The zero-order valence-electron chi connectivity index (χ0n) is 9.77. The Morgan fingerprint density at radius 3 is 2.56 bits per heavy atom. The van der Waals surface area contributed by atoms with E-state index in [1.807, 2.05) is 18.2 Å². The lowest BCUT2D eigenvalue weighted by Gasteiger charge is -2.00. The van der Waals surface area contributed by atoms with E-state index in [1.165, 1.54) is 21.5 Å². The van der Waals surface area contributed by atoms with Crippen molar-refractivity contribution in [3.05, 3.63) is 54.6 Å². The lowest BCUT2D eigenvalue weighted by atomic mass is 10.0. The number of benzene rings is 3. The van der Waals surface area contributed by atoms with Crippen LogP contribution in [-0.4, -0.2) is 4.98 Å². The third-order valence-electron chi connectivity index (χ3n) is 3.51. The van der Waals surface area contributed by atoms with Crippen molar-refractivity contribution in [2.45, 2.75) is 0 Å². The minimum absolute atomic E-state index is 0.802. The van der Waals surface area contributed by atoms with Gasteiger partial charge in [0.1, 0.15) is 0 Å². The molecule has 4 aromatic rings. The van der Waals surface area contributed by atoms with Gasteiger partial charge in [0.05, 0.1) is 0 Å². The summed E-state index contributed by atoms with van der Waals surface area (Å²) in [6.07, 6.45) is 0. The SMILES string of the molecule is Nc1ccc2[nH]c3ccc4ccccc4c3c2c1. The molecule has 0 spiro atoms. The standard InChI is InChI=1S/C16H12N2/c17-11-6-8-14-13(9-11)16-12-4-2-1-3-10(12)5-7-15(16)18-14/h1-9,18H,17H2. The number of hydrogen-bond donors (Lipinski definition) is 2. The summed E-state index contributed by atoms with van der Waals surface area (Å²) in [5.41, 5.74) is 9.00. The second-order valence-corrected chi connectivity index (χ2v) is 4.64. The molecular weight excluding hydrogens is 220 g/mol. The Morgan fingerprint density at radius 1 is 0.778 bits per heavy atom. The quantitative estimate of drug-likeness (QED) is 0.441. The van der Waals surface area contributed by atoms with Gasteiger partial charge in [0, 0.05) is 27.5 Å². The second kappa shape index (κ2) is 3.26. The lowest BCUT2D eigenvalue weighted by Crippen LogP contribution is -1.82. The predicted molar refractivity (Wildman–Crippen MR) is 77.7 cm³/mol. The fraction of sp³-hybridized carbons (Fsp3) is 0. The third-order valence-corrected chi connectivity index (χ3v) is 3.51. The molecule has 1 aromatic heterocycles. The van der Waals surface area contributed by atoms with Crippen molar-refractivity contribution in [2.75, 3.05) is 5.73 Å². The average molecular weight is 232 g/mol. The number of hydrogen-bond acceptors (Lipinski definition) is 1. The summed E-state index contributed by atoms with van der Waals surface area (Å²) in [5.74, 6) is 0. The van der Waals surface area contributed by atoms with E-state index in [9.17, 15) is 0 Å². The first-order valence-corrected chi connectivity index (χ1v) is 6.01. The molecule has 0 amide bonds. The van der Waals surface area contributed by atoms with Crippen molar-refractivity contribution in [3.8, 4) is 0 Å². The third kappa shape index (κ3) is 1.17. The molecule has 2 nitrogen and oxygen atoms in total. The summed E-state index contributed by atoms with van der Waals surface area (Å²) in [5, 5.41) is 4.98. The topological polar surface area (TPSA) is 41.8 Å². The molecule has 3 N–H and O–H groups in total. The van der Waals surface area contributed by atoms with Gasteiger partial charge in [-0.25, -0.2) is 0 Å². The highest BCUT2D eigenvalue weighted by Crippen LogP contribution is 2.32. The summed E-state index contributed by atoms with van der Waals surface area (Å²) in [4.78, 5) is 3.44.